The monoisotopic (exact) mass is 359 g/mol. The summed E-state index contributed by atoms with van der Waals surface area (Å²) in [5, 5.41) is 0. The number of hydrogen-bond acceptors (Lipinski definition) is 7. The molecule has 0 radical (unpaired) electrons. The van der Waals surface area contributed by atoms with Crippen molar-refractivity contribution in [1.29, 1.82) is 0 Å². The Labute approximate surface area is 117 Å². The number of benzene rings is 1. The van der Waals surface area contributed by atoms with Crippen molar-refractivity contribution in [3.63, 3.8) is 0 Å². The van der Waals surface area contributed by atoms with Crippen molar-refractivity contribution in [3.05, 3.63) is 27.8 Å². The molecule has 0 atom stereocenters. The molecule has 0 bridgehead atoms. The minimum absolute atomic E-state index is 0.108. The average molecular weight is 359 g/mol. The number of nitrogens with zero attached hydrogens (tertiary/aromatic N) is 3. The van der Waals surface area contributed by atoms with Crippen LogP contribution in [0.4, 0.5) is 5.95 Å². The van der Waals surface area contributed by atoms with Gasteiger partial charge >= 0.3 is 12.0 Å². The van der Waals surface area contributed by atoms with E-state index in [4.69, 9.17) is 15.3 Å². The summed E-state index contributed by atoms with van der Waals surface area (Å²) in [7, 11) is 1.45. The van der Waals surface area contributed by atoms with Gasteiger partial charge in [0.05, 0.1) is 7.11 Å². The maximum atomic E-state index is 5.50. The van der Waals surface area contributed by atoms with Gasteiger partial charge in [0.2, 0.25) is 5.95 Å². The van der Waals surface area contributed by atoms with E-state index in [1.54, 1.807) is 6.07 Å². The number of ether oxygens (including phenoxy) is 2. The topological polar surface area (TPSA) is 95.2 Å². The second-order valence-electron chi connectivity index (χ2n) is 3.13. The van der Waals surface area contributed by atoms with Gasteiger partial charge in [0.25, 0.3) is 0 Å². The largest absolute Gasteiger partial charge is 0.467 e. The Hall–Kier alpha value is -1.68. The highest BCUT2D eigenvalue weighted by Crippen LogP contribution is 2.21. The maximum Gasteiger partial charge on any atom is 0.330 e. The summed E-state index contributed by atoms with van der Waals surface area (Å²) in [6.07, 6.45) is 0. The van der Waals surface area contributed by atoms with Crippen LogP contribution in [0.3, 0.4) is 0 Å². The highest BCUT2D eigenvalue weighted by atomic mass is 127. The number of nitrogens with two attached hydrogens (primary N) is 1. The number of hydrogen-bond donors (Lipinski definition) is 2. The Balaban J connectivity index is 2.28. The lowest BCUT2D eigenvalue weighted by Gasteiger charge is -2.06. The molecule has 0 aliphatic heterocycles. The Morgan fingerprint density at radius 2 is 2.00 bits per heavy atom. The molecule has 7 nitrogen and oxygen atoms in total. The third-order valence-electron chi connectivity index (χ3n) is 1.91. The molecular formula is C10H10IN5O2. The summed E-state index contributed by atoms with van der Waals surface area (Å²) in [6, 6.07) is 7.71. The second kappa shape index (κ2) is 5.78. The number of aromatic nitrogens is 3. The smallest absolute Gasteiger partial charge is 0.330 e. The summed E-state index contributed by atoms with van der Waals surface area (Å²) in [4.78, 5) is 11.8. The summed E-state index contributed by atoms with van der Waals surface area (Å²) >= 11 is 2.19. The van der Waals surface area contributed by atoms with Crippen molar-refractivity contribution < 1.29 is 9.47 Å². The molecule has 0 spiro atoms. The van der Waals surface area contributed by atoms with Crippen molar-refractivity contribution in [1.82, 2.24) is 15.0 Å². The number of rotatable bonds is 4. The summed E-state index contributed by atoms with van der Waals surface area (Å²) in [5.74, 6) is 6.04. The third-order valence-corrected chi connectivity index (χ3v) is 2.58. The van der Waals surface area contributed by atoms with E-state index in [1.165, 1.54) is 7.11 Å². The summed E-state index contributed by atoms with van der Waals surface area (Å²) < 4.78 is 11.5. The zero-order valence-corrected chi connectivity index (χ0v) is 11.6. The van der Waals surface area contributed by atoms with E-state index >= 15 is 0 Å². The van der Waals surface area contributed by atoms with Gasteiger partial charge in [0.1, 0.15) is 5.75 Å². The molecular weight excluding hydrogens is 349 g/mol. The van der Waals surface area contributed by atoms with Gasteiger partial charge in [-0.25, -0.2) is 5.84 Å². The molecule has 2 rings (SSSR count). The van der Waals surface area contributed by atoms with E-state index in [2.05, 4.69) is 43.0 Å². The van der Waals surface area contributed by atoms with Gasteiger partial charge in [-0.1, -0.05) is 6.07 Å². The highest BCUT2D eigenvalue weighted by Gasteiger charge is 2.08. The normalized spacial score (nSPS) is 9.94. The molecule has 1 aromatic carbocycles. The van der Waals surface area contributed by atoms with Gasteiger partial charge < -0.3 is 9.47 Å². The predicted octanol–water partition coefficient (Wildman–Crippen LogP) is 1.56. The quantitative estimate of drug-likeness (QED) is 0.486. The lowest BCUT2D eigenvalue weighted by molar-refractivity contribution is 0.360. The van der Waals surface area contributed by atoms with Crippen LogP contribution in [0.25, 0.3) is 0 Å². The van der Waals surface area contributed by atoms with Gasteiger partial charge in [-0.15, -0.1) is 4.98 Å². The van der Waals surface area contributed by atoms with Crippen LogP contribution in [-0.4, -0.2) is 22.1 Å². The average Bonchev–Trinajstić information content (AvgIpc) is 2.38. The van der Waals surface area contributed by atoms with Crippen molar-refractivity contribution >= 4 is 28.5 Å². The second-order valence-corrected chi connectivity index (χ2v) is 4.38. The molecule has 3 N–H and O–H groups in total. The molecule has 18 heavy (non-hydrogen) atoms. The zero-order valence-electron chi connectivity index (χ0n) is 9.42. The van der Waals surface area contributed by atoms with E-state index in [0.29, 0.717) is 5.75 Å². The first kappa shape index (κ1) is 12.8. The third kappa shape index (κ3) is 3.17. The first-order valence-electron chi connectivity index (χ1n) is 4.91. The van der Waals surface area contributed by atoms with Gasteiger partial charge in [-0.3, -0.25) is 5.43 Å². The van der Waals surface area contributed by atoms with Gasteiger partial charge in [-0.2, -0.15) is 9.97 Å². The van der Waals surface area contributed by atoms with Crippen LogP contribution in [-0.2, 0) is 0 Å². The zero-order chi connectivity index (χ0) is 13.0. The van der Waals surface area contributed by atoms with Crippen LogP contribution in [0.2, 0.25) is 0 Å². The lowest BCUT2D eigenvalue weighted by atomic mass is 10.3. The molecule has 94 valence electrons. The van der Waals surface area contributed by atoms with Crippen LogP contribution >= 0.6 is 22.6 Å². The number of anilines is 1. The van der Waals surface area contributed by atoms with Crippen LogP contribution in [0, 0.1) is 3.57 Å². The van der Waals surface area contributed by atoms with Crippen LogP contribution in [0.1, 0.15) is 0 Å². The number of halogens is 1. The van der Waals surface area contributed by atoms with Crippen LogP contribution < -0.4 is 20.7 Å². The van der Waals surface area contributed by atoms with Crippen molar-refractivity contribution in [2.45, 2.75) is 0 Å². The van der Waals surface area contributed by atoms with E-state index in [-0.39, 0.29) is 18.0 Å². The number of methoxy groups -OCH3 is 1. The number of nitrogens with one attached hydrogen (secondary N) is 1. The van der Waals surface area contributed by atoms with E-state index in [1.807, 2.05) is 18.2 Å². The SMILES string of the molecule is COc1nc(NN)nc(Oc2cccc(I)c2)n1. The molecule has 1 aromatic heterocycles. The fourth-order valence-electron chi connectivity index (χ4n) is 1.18. The van der Waals surface area contributed by atoms with Crippen LogP contribution in [0.5, 0.6) is 17.8 Å². The van der Waals surface area contributed by atoms with Gasteiger partial charge in [-0.05, 0) is 40.8 Å². The first-order valence-corrected chi connectivity index (χ1v) is 5.99. The Kier molecular flexibility index (Phi) is 4.10. The first-order chi connectivity index (χ1) is 8.71. The number of hydrazine groups is 1. The molecule has 1 heterocycles. The molecule has 2 aromatic rings. The van der Waals surface area contributed by atoms with Crippen molar-refractivity contribution in [3.8, 4) is 17.8 Å². The molecule has 0 amide bonds. The van der Waals surface area contributed by atoms with Gasteiger partial charge in [0, 0.05) is 3.57 Å². The standard InChI is InChI=1S/C10H10IN5O2/c1-17-9-13-8(16-12)14-10(15-9)18-7-4-2-3-6(11)5-7/h2-5H,12H2,1H3,(H,13,14,15,16). The molecule has 0 fully saturated rings. The van der Waals surface area contributed by atoms with E-state index < -0.39 is 0 Å². The van der Waals surface area contributed by atoms with E-state index in [0.717, 1.165) is 3.57 Å². The maximum absolute atomic E-state index is 5.50. The Morgan fingerprint density at radius 3 is 2.67 bits per heavy atom. The fourth-order valence-corrected chi connectivity index (χ4v) is 1.69. The van der Waals surface area contributed by atoms with E-state index in [9.17, 15) is 0 Å². The minimum atomic E-state index is 0.108. The Morgan fingerprint density at radius 1 is 1.22 bits per heavy atom. The summed E-state index contributed by atoms with van der Waals surface area (Å²) in [6.45, 7) is 0. The lowest BCUT2D eigenvalue weighted by Crippen LogP contribution is -2.12. The fraction of sp³-hybridized carbons (Fsp3) is 0.100. The van der Waals surface area contributed by atoms with Crippen molar-refractivity contribution in [2.75, 3.05) is 12.5 Å². The predicted molar refractivity (Wildman–Crippen MR) is 73.4 cm³/mol. The Bertz CT molecular complexity index is 529. The van der Waals surface area contributed by atoms with Crippen LogP contribution in [0.15, 0.2) is 24.3 Å². The molecule has 0 saturated carbocycles. The molecule has 0 aliphatic rings. The molecule has 0 aliphatic carbocycles. The number of nitrogen functional groups attached to an aromatic ring is 1. The minimum Gasteiger partial charge on any atom is -0.467 e. The molecule has 0 unspecified atom stereocenters. The van der Waals surface area contributed by atoms with Gasteiger partial charge in [0.15, 0.2) is 0 Å². The summed E-state index contributed by atoms with van der Waals surface area (Å²) in [5.41, 5.74) is 2.32. The highest BCUT2D eigenvalue weighted by molar-refractivity contribution is 14.1. The molecule has 8 heteroatoms. The van der Waals surface area contributed by atoms with Crippen molar-refractivity contribution in [2.24, 2.45) is 5.84 Å². The molecule has 0 saturated heterocycles.